The number of thiazole rings is 1. The molecule has 0 saturated heterocycles. The molecule has 3 rings (SSSR count). The SMILES string of the molecule is Cc1nc(CN(C2CC2)S(=O)(=O)c2ccccc2Cl)cs1. The van der Waals surface area contributed by atoms with Gasteiger partial charge in [-0.2, -0.15) is 4.31 Å². The van der Waals surface area contributed by atoms with Gasteiger partial charge in [0.25, 0.3) is 0 Å². The molecule has 1 aromatic carbocycles. The largest absolute Gasteiger partial charge is 0.245 e. The molecule has 1 aliphatic carbocycles. The maximum absolute atomic E-state index is 12.9. The Morgan fingerprint density at radius 3 is 2.67 bits per heavy atom. The summed E-state index contributed by atoms with van der Waals surface area (Å²) < 4.78 is 27.3. The molecule has 0 radical (unpaired) electrons. The summed E-state index contributed by atoms with van der Waals surface area (Å²) in [5, 5.41) is 3.11. The Labute approximate surface area is 133 Å². The Hall–Kier alpha value is -0.950. The van der Waals surface area contributed by atoms with Crippen molar-refractivity contribution in [3.63, 3.8) is 0 Å². The Kier molecular flexibility index (Phi) is 4.05. The topological polar surface area (TPSA) is 50.3 Å². The zero-order valence-corrected chi connectivity index (χ0v) is 13.9. The van der Waals surface area contributed by atoms with E-state index in [0.29, 0.717) is 6.54 Å². The number of hydrogen-bond donors (Lipinski definition) is 0. The summed E-state index contributed by atoms with van der Waals surface area (Å²) >= 11 is 7.60. The van der Waals surface area contributed by atoms with E-state index >= 15 is 0 Å². The summed E-state index contributed by atoms with van der Waals surface area (Å²) in [5.41, 5.74) is 0.792. The van der Waals surface area contributed by atoms with Crippen LogP contribution < -0.4 is 0 Å². The molecule has 0 spiro atoms. The van der Waals surface area contributed by atoms with Crippen LogP contribution in [-0.4, -0.2) is 23.7 Å². The molecule has 0 unspecified atom stereocenters. The van der Waals surface area contributed by atoms with Gasteiger partial charge in [-0.15, -0.1) is 11.3 Å². The van der Waals surface area contributed by atoms with E-state index in [1.165, 1.54) is 15.6 Å². The Bertz CT molecular complexity index is 754. The van der Waals surface area contributed by atoms with Crippen LogP contribution in [0.25, 0.3) is 0 Å². The van der Waals surface area contributed by atoms with Gasteiger partial charge in [-0.3, -0.25) is 0 Å². The lowest BCUT2D eigenvalue weighted by atomic mass is 10.4. The van der Waals surface area contributed by atoms with Crippen molar-refractivity contribution in [1.82, 2.24) is 9.29 Å². The maximum atomic E-state index is 12.9. The minimum atomic E-state index is -3.59. The van der Waals surface area contributed by atoms with Crippen molar-refractivity contribution in [1.29, 1.82) is 0 Å². The predicted molar refractivity (Wildman–Crippen MR) is 84.1 cm³/mol. The third-order valence-electron chi connectivity index (χ3n) is 3.36. The van der Waals surface area contributed by atoms with Gasteiger partial charge in [0.1, 0.15) is 4.90 Å². The van der Waals surface area contributed by atoms with Crippen LogP contribution in [-0.2, 0) is 16.6 Å². The van der Waals surface area contributed by atoms with Gasteiger partial charge in [0.15, 0.2) is 0 Å². The zero-order valence-electron chi connectivity index (χ0n) is 11.5. The Morgan fingerprint density at radius 2 is 2.10 bits per heavy atom. The standard InChI is InChI=1S/C14H15ClN2O2S2/c1-10-16-11(9-20-10)8-17(12-6-7-12)21(18,19)14-5-3-2-4-13(14)15/h2-5,9,12H,6-8H2,1H3. The lowest BCUT2D eigenvalue weighted by molar-refractivity contribution is 0.395. The molecule has 112 valence electrons. The van der Waals surface area contributed by atoms with Crippen LogP contribution in [0.15, 0.2) is 34.5 Å². The highest BCUT2D eigenvalue weighted by Crippen LogP contribution is 2.35. The lowest BCUT2D eigenvalue weighted by Crippen LogP contribution is -2.33. The van der Waals surface area contributed by atoms with Gasteiger partial charge in [-0.25, -0.2) is 13.4 Å². The molecule has 0 N–H and O–H groups in total. The molecule has 0 amide bonds. The molecule has 0 aliphatic heterocycles. The molecule has 0 atom stereocenters. The molecule has 1 fully saturated rings. The molecule has 1 aliphatic rings. The molecular weight excluding hydrogens is 328 g/mol. The minimum absolute atomic E-state index is 0.0632. The third-order valence-corrected chi connectivity index (χ3v) is 6.58. The molecule has 21 heavy (non-hydrogen) atoms. The molecule has 4 nitrogen and oxygen atoms in total. The Balaban J connectivity index is 1.95. The fourth-order valence-electron chi connectivity index (χ4n) is 2.19. The number of aryl methyl sites for hydroxylation is 1. The molecule has 7 heteroatoms. The number of sulfonamides is 1. The molecule has 0 bridgehead atoms. The summed E-state index contributed by atoms with van der Waals surface area (Å²) in [6.45, 7) is 2.22. The summed E-state index contributed by atoms with van der Waals surface area (Å²) in [6.07, 6.45) is 1.79. The molecule has 1 aromatic heterocycles. The lowest BCUT2D eigenvalue weighted by Gasteiger charge is -2.21. The van der Waals surface area contributed by atoms with E-state index in [1.54, 1.807) is 24.3 Å². The average Bonchev–Trinajstić information content (AvgIpc) is 3.19. The van der Waals surface area contributed by atoms with E-state index in [-0.39, 0.29) is 16.0 Å². The second-order valence-corrected chi connectivity index (χ2v) is 8.40. The van der Waals surface area contributed by atoms with Crippen LogP contribution in [0.4, 0.5) is 0 Å². The second kappa shape index (κ2) is 5.68. The van der Waals surface area contributed by atoms with Crippen molar-refractivity contribution >= 4 is 33.0 Å². The van der Waals surface area contributed by atoms with Crippen molar-refractivity contribution in [2.45, 2.75) is 37.2 Å². The first kappa shape index (κ1) is 15.0. The van der Waals surface area contributed by atoms with Crippen LogP contribution in [0, 0.1) is 6.92 Å². The number of rotatable bonds is 5. The maximum Gasteiger partial charge on any atom is 0.245 e. The van der Waals surface area contributed by atoms with Crippen LogP contribution in [0.5, 0.6) is 0 Å². The van der Waals surface area contributed by atoms with Gasteiger partial charge >= 0.3 is 0 Å². The van der Waals surface area contributed by atoms with Crippen molar-refractivity contribution in [3.05, 3.63) is 45.4 Å². The highest BCUT2D eigenvalue weighted by Gasteiger charge is 2.39. The number of halogens is 1. The Morgan fingerprint density at radius 1 is 1.38 bits per heavy atom. The van der Waals surface area contributed by atoms with Crippen LogP contribution in [0.2, 0.25) is 5.02 Å². The van der Waals surface area contributed by atoms with E-state index < -0.39 is 10.0 Å². The summed E-state index contributed by atoms with van der Waals surface area (Å²) in [6, 6.07) is 6.64. The first-order chi connectivity index (χ1) is 9.98. The summed E-state index contributed by atoms with van der Waals surface area (Å²) in [5.74, 6) is 0. The first-order valence-corrected chi connectivity index (χ1v) is 9.35. The minimum Gasteiger partial charge on any atom is -0.245 e. The van der Waals surface area contributed by atoms with Gasteiger partial charge < -0.3 is 0 Å². The normalized spacial score (nSPS) is 15.6. The van der Waals surface area contributed by atoms with Gasteiger partial charge in [0, 0.05) is 11.4 Å². The van der Waals surface area contributed by atoms with Crippen molar-refractivity contribution in [2.75, 3.05) is 0 Å². The number of aromatic nitrogens is 1. The highest BCUT2D eigenvalue weighted by molar-refractivity contribution is 7.89. The second-order valence-electron chi connectivity index (χ2n) is 5.07. The van der Waals surface area contributed by atoms with E-state index in [2.05, 4.69) is 4.98 Å². The number of nitrogens with zero attached hydrogens (tertiary/aromatic N) is 2. The molecule has 1 heterocycles. The fourth-order valence-corrected chi connectivity index (χ4v) is 4.95. The van der Waals surface area contributed by atoms with Crippen LogP contribution in [0.1, 0.15) is 23.5 Å². The summed E-state index contributed by atoms with van der Waals surface area (Å²) in [4.78, 5) is 4.54. The number of benzene rings is 1. The fraction of sp³-hybridized carbons (Fsp3) is 0.357. The monoisotopic (exact) mass is 342 g/mol. The van der Waals surface area contributed by atoms with Crippen molar-refractivity contribution in [2.24, 2.45) is 0 Å². The van der Waals surface area contributed by atoms with E-state index in [1.807, 2.05) is 12.3 Å². The molecule has 2 aromatic rings. The summed E-state index contributed by atoms with van der Waals surface area (Å²) in [7, 11) is -3.59. The quantitative estimate of drug-likeness (QED) is 0.836. The van der Waals surface area contributed by atoms with Gasteiger partial charge in [0.2, 0.25) is 10.0 Å². The average molecular weight is 343 g/mol. The van der Waals surface area contributed by atoms with E-state index in [9.17, 15) is 8.42 Å². The van der Waals surface area contributed by atoms with Crippen molar-refractivity contribution < 1.29 is 8.42 Å². The van der Waals surface area contributed by atoms with Crippen molar-refractivity contribution in [3.8, 4) is 0 Å². The van der Waals surface area contributed by atoms with Gasteiger partial charge in [-0.05, 0) is 31.9 Å². The van der Waals surface area contributed by atoms with Crippen LogP contribution in [0.3, 0.4) is 0 Å². The number of hydrogen-bond acceptors (Lipinski definition) is 4. The molecular formula is C14H15ClN2O2S2. The van der Waals surface area contributed by atoms with E-state index in [0.717, 1.165) is 23.5 Å². The smallest absolute Gasteiger partial charge is 0.245 e. The third kappa shape index (κ3) is 3.13. The van der Waals surface area contributed by atoms with Gasteiger partial charge in [0.05, 0.1) is 22.3 Å². The highest BCUT2D eigenvalue weighted by atomic mass is 35.5. The van der Waals surface area contributed by atoms with Gasteiger partial charge in [-0.1, -0.05) is 23.7 Å². The zero-order chi connectivity index (χ0) is 15.0. The molecule has 1 saturated carbocycles. The predicted octanol–water partition coefficient (Wildman–Crippen LogP) is 3.46. The van der Waals surface area contributed by atoms with Crippen LogP contribution >= 0.6 is 22.9 Å². The van der Waals surface area contributed by atoms with E-state index in [4.69, 9.17) is 11.6 Å². The first-order valence-electron chi connectivity index (χ1n) is 6.66.